The van der Waals surface area contributed by atoms with Crippen LogP contribution in [0.15, 0.2) is 83.7 Å². The summed E-state index contributed by atoms with van der Waals surface area (Å²) in [6.45, 7) is 14.0. The van der Waals surface area contributed by atoms with Gasteiger partial charge in [-0.3, -0.25) is 0 Å². The molecule has 2 heteroatoms. The molecule has 0 bridgehead atoms. The second-order valence-corrected chi connectivity index (χ2v) is 4.75. The summed E-state index contributed by atoms with van der Waals surface area (Å²) in [6, 6.07) is 9.99. The molecule has 0 aliphatic carbocycles. The van der Waals surface area contributed by atoms with Crippen molar-refractivity contribution in [1.29, 1.82) is 0 Å². The molecule has 110 valence electrons. The second-order valence-electron chi connectivity index (χ2n) is 4.75. The van der Waals surface area contributed by atoms with E-state index in [2.05, 4.69) is 36.5 Å². The first kappa shape index (κ1) is 16.7. The van der Waals surface area contributed by atoms with Crippen LogP contribution in [0.1, 0.15) is 32.8 Å². The molecule has 0 aliphatic heterocycles. The molecule has 0 atom stereocenters. The van der Waals surface area contributed by atoms with Gasteiger partial charge in [0.15, 0.2) is 0 Å². The average molecular weight is 280 g/mol. The van der Waals surface area contributed by atoms with Crippen molar-refractivity contribution in [3.8, 4) is 0 Å². The Bertz CT molecular complexity index is 575. The fourth-order valence-electron chi connectivity index (χ4n) is 1.84. The maximum Gasteiger partial charge on any atom is 0.138 e. The van der Waals surface area contributed by atoms with Crippen molar-refractivity contribution in [1.82, 2.24) is 5.32 Å². The van der Waals surface area contributed by atoms with Crippen LogP contribution in [0.25, 0.3) is 0 Å². The molecular weight excluding hydrogens is 256 g/mol. The predicted molar refractivity (Wildman–Crippen MR) is 93.3 cm³/mol. The number of nitrogens with zero attached hydrogens (tertiary/aromatic N) is 1. The lowest BCUT2D eigenvalue weighted by molar-refractivity contribution is 1.11. The van der Waals surface area contributed by atoms with Gasteiger partial charge in [-0.15, -0.1) is 0 Å². The van der Waals surface area contributed by atoms with Crippen LogP contribution in [0.5, 0.6) is 0 Å². The molecule has 1 aromatic rings. The van der Waals surface area contributed by atoms with E-state index >= 15 is 0 Å². The first-order valence-corrected chi connectivity index (χ1v) is 7.17. The molecule has 1 aromatic carbocycles. The van der Waals surface area contributed by atoms with E-state index in [9.17, 15) is 0 Å². The average Bonchev–Trinajstić information content (AvgIpc) is 2.46. The molecule has 0 unspecified atom stereocenters. The van der Waals surface area contributed by atoms with E-state index in [-0.39, 0.29) is 0 Å². The van der Waals surface area contributed by atoms with E-state index in [1.54, 1.807) is 0 Å². The van der Waals surface area contributed by atoms with Crippen molar-refractivity contribution in [2.24, 2.45) is 4.99 Å². The molecule has 0 spiro atoms. The molecule has 0 aromatic heterocycles. The summed E-state index contributed by atoms with van der Waals surface area (Å²) in [4.78, 5) is 4.66. The third kappa shape index (κ3) is 5.65. The van der Waals surface area contributed by atoms with E-state index in [0.29, 0.717) is 0 Å². The second kappa shape index (κ2) is 8.75. The van der Waals surface area contributed by atoms with Crippen LogP contribution in [-0.4, -0.2) is 5.84 Å². The summed E-state index contributed by atoms with van der Waals surface area (Å²) < 4.78 is 0. The van der Waals surface area contributed by atoms with Crippen LogP contribution in [0.2, 0.25) is 0 Å². The number of aliphatic imine (C=N–C) groups is 1. The van der Waals surface area contributed by atoms with Crippen LogP contribution in [0.4, 0.5) is 0 Å². The van der Waals surface area contributed by atoms with E-state index in [0.717, 1.165) is 34.8 Å². The Kier molecular flexibility index (Phi) is 6.96. The number of hydrogen-bond acceptors (Lipinski definition) is 1. The van der Waals surface area contributed by atoms with Gasteiger partial charge < -0.3 is 5.32 Å². The highest BCUT2D eigenvalue weighted by molar-refractivity contribution is 6.00. The van der Waals surface area contributed by atoms with Crippen molar-refractivity contribution in [2.75, 3.05) is 0 Å². The quantitative estimate of drug-likeness (QED) is 0.443. The zero-order chi connectivity index (χ0) is 15.7. The molecule has 0 aliphatic rings. The van der Waals surface area contributed by atoms with Gasteiger partial charge in [0.2, 0.25) is 0 Å². The molecule has 1 N–H and O–H groups in total. The number of nitrogens with one attached hydrogen (secondary N) is 1. The Morgan fingerprint density at radius 1 is 1.24 bits per heavy atom. The molecule has 2 nitrogen and oxygen atoms in total. The maximum absolute atomic E-state index is 4.66. The zero-order valence-corrected chi connectivity index (χ0v) is 13.2. The minimum Gasteiger partial charge on any atom is -0.344 e. The van der Waals surface area contributed by atoms with Gasteiger partial charge in [-0.25, -0.2) is 4.99 Å². The molecule has 1 rings (SSSR count). The number of hydrogen-bond donors (Lipinski definition) is 1. The lowest BCUT2D eigenvalue weighted by atomic mass is 10.1. The molecular formula is C19H24N2. The summed E-state index contributed by atoms with van der Waals surface area (Å²) in [5.74, 6) is 0.764. The minimum atomic E-state index is 0.738. The van der Waals surface area contributed by atoms with Crippen LogP contribution in [0, 0.1) is 0 Å². The third-order valence-electron chi connectivity index (χ3n) is 2.73. The standard InChI is InChI=1S/C19H24N2/c1-6-11-17(12-7-2)16(5)21-19(20-15(3)4)18-13-9-8-10-14-18/h6,8-14H,3,5,7H2,1-2,4H3,(H,20,21)/b11-6?,17-12+. The van der Waals surface area contributed by atoms with Crippen molar-refractivity contribution < 1.29 is 0 Å². The summed E-state index contributed by atoms with van der Waals surface area (Å²) >= 11 is 0. The first-order valence-electron chi connectivity index (χ1n) is 7.17. The number of allylic oxidation sites excluding steroid dienone is 4. The van der Waals surface area contributed by atoms with Crippen molar-refractivity contribution in [3.05, 3.63) is 84.2 Å². The van der Waals surface area contributed by atoms with E-state index < -0.39 is 0 Å². The predicted octanol–water partition coefficient (Wildman–Crippen LogP) is 4.98. The van der Waals surface area contributed by atoms with Gasteiger partial charge in [0.25, 0.3) is 0 Å². The smallest absolute Gasteiger partial charge is 0.138 e. The highest BCUT2D eigenvalue weighted by Gasteiger charge is 2.05. The van der Waals surface area contributed by atoms with E-state index in [1.807, 2.05) is 56.3 Å². The van der Waals surface area contributed by atoms with Crippen LogP contribution < -0.4 is 5.32 Å². The lowest BCUT2D eigenvalue weighted by Crippen LogP contribution is -2.22. The Hall–Kier alpha value is -2.35. The van der Waals surface area contributed by atoms with Gasteiger partial charge in [-0.2, -0.15) is 0 Å². The number of benzene rings is 1. The van der Waals surface area contributed by atoms with Gasteiger partial charge in [-0.1, -0.05) is 68.6 Å². The van der Waals surface area contributed by atoms with Gasteiger partial charge >= 0.3 is 0 Å². The molecule has 0 fully saturated rings. The molecule has 21 heavy (non-hydrogen) atoms. The minimum absolute atomic E-state index is 0.738. The fourth-order valence-corrected chi connectivity index (χ4v) is 1.84. The Morgan fingerprint density at radius 2 is 1.90 bits per heavy atom. The monoisotopic (exact) mass is 280 g/mol. The van der Waals surface area contributed by atoms with Crippen LogP contribution in [0.3, 0.4) is 0 Å². The van der Waals surface area contributed by atoms with E-state index in [1.165, 1.54) is 0 Å². The largest absolute Gasteiger partial charge is 0.344 e. The van der Waals surface area contributed by atoms with Gasteiger partial charge in [0.05, 0.1) is 5.70 Å². The fraction of sp³-hybridized carbons (Fsp3) is 0.211. The van der Waals surface area contributed by atoms with Gasteiger partial charge in [0, 0.05) is 11.3 Å². The number of amidine groups is 1. The van der Waals surface area contributed by atoms with Crippen molar-refractivity contribution >= 4 is 5.84 Å². The Balaban J connectivity index is 3.16. The third-order valence-corrected chi connectivity index (χ3v) is 2.73. The van der Waals surface area contributed by atoms with Gasteiger partial charge in [0.1, 0.15) is 5.84 Å². The normalized spacial score (nSPS) is 12.5. The Labute approximate surface area is 128 Å². The summed E-state index contributed by atoms with van der Waals surface area (Å²) in [6.07, 6.45) is 7.09. The molecule has 0 saturated heterocycles. The number of rotatable bonds is 6. The summed E-state index contributed by atoms with van der Waals surface area (Å²) in [5.41, 5.74) is 3.63. The van der Waals surface area contributed by atoms with Crippen LogP contribution in [-0.2, 0) is 0 Å². The first-order chi connectivity index (χ1) is 10.1. The van der Waals surface area contributed by atoms with E-state index in [4.69, 9.17) is 0 Å². The molecule has 0 amide bonds. The topological polar surface area (TPSA) is 24.4 Å². The molecule has 0 saturated carbocycles. The maximum atomic E-state index is 4.66. The Morgan fingerprint density at radius 3 is 2.43 bits per heavy atom. The summed E-state index contributed by atoms with van der Waals surface area (Å²) in [5, 5.41) is 3.21. The SMILES string of the molecule is C=C(C)NC(=NC(=C)/C(C=CC)=C/CC)c1ccccc1. The van der Waals surface area contributed by atoms with Crippen LogP contribution >= 0.6 is 0 Å². The molecule has 0 heterocycles. The highest BCUT2D eigenvalue weighted by Crippen LogP contribution is 2.14. The molecule has 0 radical (unpaired) electrons. The highest BCUT2D eigenvalue weighted by atomic mass is 15.0. The zero-order valence-electron chi connectivity index (χ0n) is 13.2. The summed E-state index contributed by atoms with van der Waals surface area (Å²) in [7, 11) is 0. The van der Waals surface area contributed by atoms with Crippen molar-refractivity contribution in [3.63, 3.8) is 0 Å². The van der Waals surface area contributed by atoms with Crippen molar-refractivity contribution in [2.45, 2.75) is 27.2 Å². The lowest BCUT2D eigenvalue weighted by Gasteiger charge is -2.11. The van der Waals surface area contributed by atoms with Gasteiger partial charge in [-0.05, 0) is 25.8 Å².